The van der Waals surface area contributed by atoms with Crippen LogP contribution < -0.4 is 15.9 Å². The summed E-state index contributed by atoms with van der Waals surface area (Å²) in [7, 11) is 0. The van der Waals surface area contributed by atoms with Gasteiger partial charge in [0.25, 0.3) is 5.91 Å². The monoisotopic (exact) mass is 513 g/mol. The first kappa shape index (κ1) is 22.9. The van der Waals surface area contributed by atoms with E-state index in [-0.39, 0.29) is 6.54 Å². The summed E-state index contributed by atoms with van der Waals surface area (Å²) in [5, 5.41) is 1.95. The minimum Gasteiger partial charge on any atom is -0.351 e. The van der Waals surface area contributed by atoms with Gasteiger partial charge >= 0.3 is 10.9 Å². The summed E-state index contributed by atoms with van der Waals surface area (Å²) >= 11 is 1.82. The molecule has 3 atom stereocenters. The molecule has 5 rings (SSSR count). The van der Waals surface area contributed by atoms with Gasteiger partial charge in [0.1, 0.15) is 17.6 Å². The summed E-state index contributed by atoms with van der Waals surface area (Å²) in [6.07, 6.45) is 3.08. The minimum atomic E-state index is -1.17. The van der Waals surface area contributed by atoms with E-state index in [1.807, 2.05) is 0 Å². The van der Waals surface area contributed by atoms with Gasteiger partial charge in [0.15, 0.2) is 0 Å². The number of thioether (sulfide) groups is 1. The van der Waals surface area contributed by atoms with Crippen LogP contribution in [-0.2, 0) is 20.9 Å². The Hall–Kier alpha value is -3.84. The number of benzene rings is 1. The lowest BCUT2D eigenvalue weighted by molar-refractivity contribution is -0.135. The predicted octanol–water partition coefficient (Wildman–Crippen LogP) is 1.75. The second-order valence-corrected chi connectivity index (χ2v) is 9.98. The zero-order valence-corrected chi connectivity index (χ0v) is 19.3. The first-order chi connectivity index (χ1) is 16.8. The number of nitrogens with zero attached hydrogens (tertiary/aromatic N) is 3. The van der Waals surface area contributed by atoms with E-state index in [0.717, 1.165) is 23.1 Å². The average molecular weight is 514 g/mol. The van der Waals surface area contributed by atoms with Crippen molar-refractivity contribution in [1.29, 1.82) is 0 Å². The highest BCUT2D eigenvalue weighted by molar-refractivity contribution is 8.00. The fourth-order valence-electron chi connectivity index (χ4n) is 4.27. The van der Waals surface area contributed by atoms with Crippen LogP contribution in [0.5, 0.6) is 0 Å². The second kappa shape index (κ2) is 8.74. The van der Waals surface area contributed by atoms with Gasteiger partial charge in [-0.1, -0.05) is 29.2 Å². The Bertz CT molecular complexity index is 1420. The molecule has 2 aromatic heterocycles. The Morgan fingerprint density at radius 3 is 2.51 bits per heavy atom. The molecule has 4 heterocycles. The molecule has 35 heavy (non-hydrogen) atoms. The smallest absolute Gasteiger partial charge is 0.328 e. The zero-order valence-electron chi connectivity index (χ0n) is 17.7. The van der Waals surface area contributed by atoms with Crippen LogP contribution >= 0.6 is 23.1 Å². The molecular formula is C22H16FN5O5S2. The molecule has 3 N–H and O–H groups in total. The number of amides is 5. The lowest BCUT2D eigenvalue weighted by Crippen LogP contribution is -2.41. The van der Waals surface area contributed by atoms with Crippen molar-refractivity contribution in [2.75, 3.05) is 5.32 Å². The molecule has 0 saturated carbocycles. The van der Waals surface area contributed by atoms with Crippen LogP contribution in [0.3, 0.4) is 0 Å². The Labute approximate surface area is 204 Å². The van der Waals surface area contributed by atoms with Crippen LogP contribution in [0.15, 0.2) is 58.6 Å². The zero-order chi connectivity index (χ0) is 24.9. The maximum atomic E-state index is 13.1. The van der Waals surface area contributed by atoms with E-state index in [1.165, 1.54) is 35.0 Å². The number of rotatable bonds is 4. The van der Waals surface area contributed by atoms with E-state index in [4.69, 9.17) is 5.73 Å². The highest BCUT2D eigenvalue weighted by Gasteiger charge is 2.57. The number of pyridine rings is 1. The third-order valence-electron chi connectivity index (χ3n) is 5.74. The number of thiazole rings is 1. The third-order valence-corrected chi connectivity index (χ3v) is 8.35. The maximum absolute atomic E-state index is 13.1. The molecule has 13 heteroatoms. The fourth-order valence-corrected chi connectivity index (χ4v) is 7.04. The number of hydrogen-bond donors (Lipinski definition) is 2. The fraction of sp³-hybridized carbons (Fsp3) is 0.182. The number of primary amides is 1. The molecule has 1 saturated heterocycles. The van der Waals surface area contributed by atoms with Crippen molar-refractivity contribution in [1.82, 2.24) is 14.5 Å². The van der Waals surface area contributed by atoms with Gasteiger partial charge in [-0.25, -0.2) is 9.18 Å². The highest BCUT2D eigenvalue weighted by atomic mass is 32.2. The molecule has 5 amide bonds. The Morgan fingerprint density at radius 2 is 1.86 bits per heavy atom. The van der Waals surface area contributed by atoms with E-state index < -0.39 is 51.5 Å². The average Bonchev–Trinajstić information content (AvgIpc) is 3.27. The van der Waals surface area contributed by atoms with Crippen LogP contribution in [0.4, 0.5) is 14.9 Å². The molecule has 2 aliphatic heterocycles. The second-order valence-electron chi connectivity index (χ2n) is 7.86. The first-order valence-electron chi connectivity index (χ1n) is 10.3. The van der Waals surface area contributed by atoms with Gasteiger partial charge in [0, 0.05) is 28.9 Å². The van der Waals surface area contributed by atoms with Crippen molar-refractivity contribution < 1.29 is 23.6 Å². The molecule has 178 valence electrons. The summed E-state index contributed by atoms with van der Waals surface area (Å²) in [4.78, 5) is 68.1. The SMILES string of the molecule is NC(=O)N1C(=O)C2Sc3c(sc(=O)n3CC(=O)Nc3ccc(F)cc3)[C@@H](c3cccnc3)C2C1=O. The van der Waals surface area contributed by atoms with Crippen molar-refractivity contribution in [2.45, 2.75) is 22.7 Å². The summed E-state index contributed by atoms with van der Waals surface area (Å²) in [6.45, 7) is -0.367. The standard InChI is InChI=1S/C22H16FN5O5S2/c23-11-3-5-12(6-4-11)26-13(29)9-27-20-17(35-22(27)33)14(10-2-1-7-25-8-10)15-16(34-20)19(31)28(18(15)30)21(24)32/h1-8,14-16H,9H2,(H2,24,32)(H,26,29)/t14-,15?,16?/m0/s1. The Kier molecular flexibility index (Phi) is 5.73. The lowest BCUT2D eigenvalue weighted by atomic mass is 9.84. The topological polar surface area (TPSA) is 144 Å². The quantitative estimate of drug-likeness (QED) is 0.506. The van der Waals surface area contributed by atoms with E-state index in [9.17, 15) is 28.4 Å². The van der Waals surface area contributed by atoms with Crippen molar-refractivity contribution in [3.05, 3.63) is 74.7 Å². The Morgan fingerprint density at radius 1 is 1.11 bits per heavy atom. The summed E-state index contributed by atoms with van der Waals surface area (Å²) in [5.41, 5.74) is 6.23. The molecule has 2 aliphatic rings. The van der Waals surface area contributed by atoms with E-state index in [0.29, 0.717) is 26.1 Å². The first-order valence-corrected chi connectivity index (χ1v) is 12.0. The van der Waals surface area contributed by atoms with Gasteiger partial charge in [-0.15, -0.1) is 0 Å². The van der Waals surface area contributed by atoms with Crippen LogP contribution in [0, 0.1) is 11.7 Å². The number of halogens is 1. The molecule has 2 unspecified atom stereocenters. The lowest BCUT2D eigenvalue weighted by Gasteiger charge is -2.30. The van der Waals surface area contributed by atoms with E-state index in [2.05, 4.69) is 10.3 Å². The van der Waals surface area contributed by atoms with Crippen LogP contribution in [-0.4, -0.2) is 43.5 Å². The van der Waals surface area contributed by atoms with E-state index >= 15 is 0 Å². The van der Waals surface area contributed by atoms with Gasteiger partial charge in [0.2, 0.25) is 11.8 Å². The number of fused-ring (bicyclic) bond motifs is 2. The van der Waals surface area contributed by atoms with Crippen LogP contribution in [0.1, 0.15) is 16.4 Å². The molecule has 0 radical (unpaired) electrons. The normalized spacial score (nSPS) is 20.9. The van der Waals surface area contributed by atoms with Crippen LogP contribution in [0.25, 0.3) is 0 Å². The maximum Gasteiger partial charge on any atom is 0.328 e. The number of likely N-dealkylation sites (tertiary alicyclic amines) is 1. The molecule has 10 nitrogen and oxygen atoms in total. The van der Waals surface area contributed by atoms with Crippen molar-refractivity contribution in [3.8, 4) is 0 Å². The molecule has 0 aliphatic carbocycles. The minimum absolute atomic E-state index is 0.350. The number of anilines is 1. The molecule has 0 spiro atoms. The third kappa shape index (κ3) is 3.91. The number of aromatic nitrogens is 2. The van der Waals surface area contributed by atoms with E-state index in [1.54, 1.807) is 18.3 Å². The van der Waals surface area contributed by atoms with Crippen molar-refractivity contribution in [2.24, 2.45) is 11.7 Å². The van der Waals surface area contributed by atoms with Gasteiger partial charge in [-0.05, 0) is 35.9 Å². The predicted molar refractivity (Wildman–Crippen MR) is 124 cm³/mol. The largest absolute Gasteiger partial charge is 0.351 e. The molecule has 1 fully saturated rings. The Balaban J connectivity index is 1.55. The number of nitrogens with one attached hydrogen (secondary N) is 1. The summed E-state index contributed by atoms with van der Waals surface area (Å²) < 4.78 is 14.4. The summed E-state index contributed by atoms with van der Waals surface area (Å²) in [5.74, 6) is -4.19. The molecule has 3 aromatic rings. The highest BCUT2D eigenvalue weighted by Crippen LogP contribution is 2.53. The van der Waals surface area contributed by atoms with Gasteiger partial charge in [-0.3, -0.25) is 28.7 Å². The number of carbonyl (C=O) groups excluding carboxylic acids is 4. The molecular weight excluding hydrogens is 497 g/mol. The number of nitrogens with two attached hydrogens (primary N) is 1. The van der Waals surface area contributed by atoms with Crippen LogP contribution in [0.2, 0.25) is 0 Å². The number of imide groups is 3. The van der Waals surface area contributed by atoms with Crippen molar-refractivity contribution >= 4 is 52.5 Å². The van der Waals surface area contributed by atoms with Crippen molar-refractivity contribution in [3.63, 3.8) is 0 Å². The van der Waals surface area contributed by atoms with Gasteiger partial charge < -0.3 is 11.1 Å². The molecule has 0 bridgehead atoms. The molecule has 1 aromatic carbocycles. The van der Waals surface area contributed by atoms with Gasteiger partial charge in [0.05, 0.1) is 10.9 Å². The number of hydrogen-bond acceptors (Lipinski definition) is 8. The number of carbonyl (C=O) groups is 4. The van der Waals surface area contributed by atoms with Gasteiger partial charge in [-0.2, -0.15) is 4.90 Å². The number of urea groups is 1. The summed E-state index contributed by atoms with van der Waals surface area (Å²) in [6, 6.07) is 7.37.